The maximum absolute atomic E-state index is 13.7. The van der Waals surface area contributed by atoms with Gasteiger partial charge in [-0.2, -0.15) is 5.10 Å². The van der Waals surface area contributed by atoms with E-state index < -0.39 is 12.9 Å². The lowest BCUT2D eigenvalue weighted by Crippen LogP contribution is -2.30. The molecule has 0 aliphatic carbocycles. The van der Waals surface area contributed by atoms with Crippen LogP contribution < -0.4 is 21.5 Å². The average molecular weight is 644 g/mol. The molecule has 6 rings (SSSR count). The molecule has 13 heteroatoms. The van der Waals surface area contributed by atoms with Crippen LogP contribution in [0.3, 0.4) is 0 Å². The fraction of sp³-hybridized carbons (Fsp3) is 0.353. The van der Waals surface area contributed by atoms with Gasteiger partial charge in [-0.25, -0.2) is 14.1 Å². The summed E-state index contributed by atoms with van der Waals surface area (Å²) in [5.41, 5.74) is 4.70. The number of alkyl halides is 1. The minimum atomic E-state index is -0.907. The Bertz CT molecular complexity index is 1950. The maximum Gasteiger partial charge on any atom is 0.251 e. The lowest BCUT2D eigenvalue weighted by molar-refractivity contribution is 0.0904. The number of rotatable bonds is 12. The zero-order valence-corrected chi connectivity index (χ0v) is 26.1. The summed E-state index contributed by atoms with van der Waals surface area (Å²) in [5.74, 6) is -0.325. The number of H-pyrrole nitrogens is 1. The second kappa shape index (κ2) is 14.3. The number of halogens is 1. The Labute approximate surface area is 270 Å². The summed E-state index contributed by atoms with van der Waals surface area (Å²) in [6.07, 6.45) is 2.96. The van der Waals surface area contributed by atoms with E-state index in [2.05, 4.69) is 26.0 Å². The summed E-state index contributed by atoms with van der Waals surface area (Å²) in [5, 5.41) is 36.4. The van der Waals surface area contributed by atoms with Gasteiger partial charge in [0, 0.05) is 67.2 Å². The minimum Gasteiger partial charge on any atom is -0.506 e. The number of fused-ring (bicyclic) bond motifs is 2. The highest BCUT2D eigenvalue weighted by Gasteiger charge is 2.22. The molecule has 0 radical (unpaired) electrons. The molecule has 12 nitrogen and oxygen atoms in total. The van der Waals surface area contributed by atoms with E-state index in [1.165, 1.54) is 16.8 Å². The Hall–Kier alpha value is -4.85. The zero-order valence-electron chi connectivity index (χ0n) is 26.1. The number of amides is 1. The standard InChI is InChI=1S/C34H38FN7O5/c1-2-27-25(31(39-22-10-12-47-13-11-22)26-17-38-42(19-35)33(26)40-27)16-37-34(46)21-5-3-4-20(14-21)15-36-18-29(44)23-6-8-28(43)32-24(23)7-9-30(45)41-32/h3-9,14,17,22,29,36,43-44H,2,10-13,15-16,18-19H2,1H3,(H,37,46)(H,39,40)(H,41,45)/t29-/m0/s1. The molecule has 1 fully saturated rings. The number of aliphatic hydroxyl groups is 1. The van der Waals surface area contributed by atoms with Crippen LogP contribution in [-0.2, 0) is 31.0 Å². The van der Waals surface area contributed by atoms with Crippen LogP contribution in [0.5, 0.6) is 5.75 Å². The predicted molar refractivity (Wildman–Crippen MR) is 176 cm³/mol. The number of phenols is 1. The molecule has 1 amide bonds. The minimum absolute atomic E-state index is 0.0702. The molecule has 4 heterocycles. The molecule has 1 aliphatic rings. The Morgan fingerprint density at radius 2 is 1.98 bits per heavy atom. The van der Waals surface area contributed by atoms with Crippen molar-refractivity contribution < 1.29 is 24.1 Å². The van der Waals surface area contributed by atoms with Gasteiger partial charge in [0.15, 0.2) is 12.4 Å². The molecule has 1 saturated heterocycles. The van der Waals surface area contributed by atoms with Gasteiger partial charge < -0.3 is 35.9 Å². The maximum atomic E-state index is 13.7. The number of ether oxygens (including phenoxy) is 1. The molecule has 3 aromatic heterocycles. The van der Waals surface area contributed by atoms with Crippen LogP contribution in [0, 0.1) is 0 Å². The van der Waals surface area contributed by atoms with Gasteiger partial charge in [-0.15, -0.1) is 0 Å². The summed E-state index contributed by atoms with van der Waals surface area (Å²) < 4.78 is 20.5. The van der Waals surface area contributed by atoms with E-state index in [0.29, 0.717) is 53.7 Å². The predicted octanol–water partition coefficient (Wildman–Crippen LogP) is 3.81. The van der Waals surface area contributed by atoms with Gasteiger partial charge in [0.1, 0.15) is 5.75 Å². The molecule has 0 bridgehead atoms. The first-order valence-electron chi connectivity index (χ1n) is 15.7. The third-order valence-corrected chi connectivity index (χ3v) is 8.54. The van der Waals surface area contributed by atoms with Crippen LogP contribution >= 0.6 is 0 Å². The number of aromatic amines is 1. The van der Waals surface area contributed by atoms with E-state index in [1.54, 1.807) is 36.5 Å². The number of hydrogen-bond donors (Lipinski definition) is 6. The topological polar surface area (TPSA) is 166 Å². The van der Waals surface area contributed by atoms with Crippen molar-refractivity contribution in [2.75, 3.05) is 25.1 Å². The lowest BCUT2D eigenvalue weighted by atomic mass is 10.0. The monoisotopic (exact) mass is 643 g/mol. The molecule has 6 N–H and O–H groups in total. The Balaban J connectivity index is 1.14. The molecule has 246 valence electrons. The number of aliphatic hydroxyl groups excluding tert-OH is 1. The molecule has 1 aliphatic heterocycles. The van der Waals surface area contributed by atoms with Crippen LogP contribution in [0.1, 0.15) is 58.6 Å². The number of anilines is 1. The molecule has 2 aromatic carbocycles. The number of pyridine rings is 2. The van der Waals surface area contributed by atoms with Crippen molar-refractivity contribution in [1.82, 2.24) is 30.4 Å². The first-order valence-corrected chi connectivity index (χ1v) is 15.7. The highest BCUT2D eigenvalue weighted by molar-refractivity contribution is 5.95. The number of aromatic nitrogens is 4. The number of phenolic OH excluding ortho intramolecular Hbond substituents is 1. The molecule has 1 atom stereocenters. The van der Waals surface area contributed by atoms with Gasteiger partial charge in [-0.3, -0.25) is 9.59 Å². The Morgan fingerprint density at radius 3 is 2.77 bits per heavy atom. The van der Waals surface area contributed by atoms with Crippen LogP contribution in [0.4, 0.5) is 10.1 Å². The van der Waals surface area contributed by atoms with E-state index >= 15 is 0 Å². The summed E-state index contributed by atoms with van der Waals surface area (Å²) in [7, 11) is 0. The number of benzene rings is 2. The first kappa shape index (κ1) is 32.1. The van der Waals surface area contributed by atoms with Crippen molar-refractivity contribution in [2.24, 2.45) is 0 Å². The molecular formula is C34H38FN7O5. The second-order valence-electron chi connectivity index (χ2n) is 11.6. The van der Waals surface area contributed by atoms with E-state index in [-0.39, 0.29) is 41.9 Å². The number of hydrogen-bond acceptors (Lipinski definition) is 9. The quantitative estimate of drug-likeness (QED) is 0.119. The normalized spacial score (nSPS) is 14.4. The van der Waals surface area contributed by atoms with Crippen LogP contribution in [0.2, 0.25) is 0 Å². The highest BCUT2D eigenvalue weighted by atomic mass is 19.1. The summed E-state index contributed by atoms with van der Waals surface area (Å²) in [6, 6.07) is 13.4. The van der Waals surface area contributed by atoms with Crippen molar-refractivity contribution in [3.8, 4) is 5.75 Å². The summed E-state index contributed by atoms with van der Waals surface area (Å²) in [4.78, 5) is 32.4. The SMILES string of the molecule is CCc1nc2c(cnn2CF)c(NC2CCOCC2)c1CNC(=O)c1cccc(CNC[C@H](O)c2ccc(O)c3[nH]c(=O)ccc23)c1. The van der Waals surface area contributed by atoms with E-state index in [9.17, 15) is 24.2 Å². The molecule has 5 aromatic rings. The van der Waals surface area contributed by atoms with Crippen molar-refractivity contribution in [3.05, 3.63) is 93.0 Å². The van der Waals surface area contributed by atoms with E-state index in [4.69, 9.17) is 9.72 Å². The van der Waals surface area contributed by atoms with Gasteiger partial charge >= 0.3 is 0 Å². The van der Waals surface area contributed by atoms with Crippen LogP contribution in [0.25, 0.3) is 21.9 Å². The van der Waals surface area contributed by atoms with Crippen molar-refractivity contribution in [3.63, 3.8) is 0 Å². The fourth-order valence-corrected chi connectivity index (χ4v) is 6.06. The Kier molecular flexibility index (Phi) is 9.76. The van der Waals surface area contributed by atoms with Crippen molar-refractivity contribution in [1.29, 1.82) is 0 Å². The van der Waals surface area contributed by atoms with Gasteiger partial charge in [0.2, 0.25) is 5.56 Å². The molecule has 47 heavy (non-hydrogen) atoms. The van der Waals surface area contributed by atoms with Crippen molar-refractivity contribution in [2.45, 2.75) is 58.2 Å². The van der Waals surface area contributed by atoms with Gasteiger partial charge in [0.25, 0.3) is 5.91 Å². The summed E-state index contributed by atoms with van der Waals surface area (Å²) in [6.45, 7) is 3.32. The first-order chi connectivity index (χ1) is 22.9. The Morgan fingerprint density at radius 1 is 1.15 bits per heavy atom. The number of carbonyl (C=O) groups is 1. The van der Waals surface area contributed by atoms with E-state index in [0.717, 1.165) is 35.3 Å². The van der Waals surface area contributed by atoms with Gasteiger partial charge in [-0.1, -0.05) is 25.1 Å². The number of nitrogens with one attached hydrogen (secondary N) is 4. The average Bonchev–Trinajstić information content (AvgIpc) is 3.51. The second-order valence-corrected chi connectivity index (χ2v) is 11.6. The molecular weight excluding hydrogens is 605 g/mol. The summed E-state index contributed by atoms with van der Waals surface area (Å²) >= 11 is 0. The number of aromatic hydroxyl groups is 1. The van der Waals surface area contributed by atoms with Crippen molar-refractivity contribution >= 4 is 33.5 Å². The number of carbonyl (C=O) groups excluding carboxylic acids is 1. The highest BCUT2D eigenvalue weighted by Crippen LogP contribution is 2.32. The molecule has 0 unspecified atom stereocenters. The number of aryl methyl sites for hydroxylation is 1. The van der Waals surface area contributed by atoms with Gasteiger partial charge in [0.05, 0.1) is 28.9 Å². The largest absolute Gasteiger partial charge is 0.506 e. The van der Waals surface area contributed by atoms with E-state index in [1.807, 2.05) is 13.0 Å². The molecule has 0 spiro atoms. The van der Waals surface area contributed by atoms with Gasteiger partial charge in [-0.05, 0) is 54.7 Å². The third kappa shape index (κ3) is 6.97. The lowest BCUT2D eigenvalue weighted by Gasteiger charge is -2.26. The fourth-order valence-electron chi connectivity index (χ4n) is 6.06. The third-order valence-electron chi connectivity index (χ3n) is 8.54. The van der Waals surface area contributed by atoms with Crippen LogP contribution in [-0.4, -0.2) is 61.7 Å². The molecule has 0 saturated carbocycles. The van der Waals surface area contributed by atoms with Crippen LogP contribution in [0.15, 0.2) is 59.5 Å². The zero-order chi connectivity index (χ0) is 32.9. The smallest absolute Gasteiger partial charge is 0.251 e. The number of nitrogens with zero attached hydrogens (tertiary/aromatic N) is 3.